The third kappa shape index (κ3) is 5.04. The Labute approximate surface area is 170 Å². The average Bonchev–Trinajstić information content (AvgIpc) is 2.74. The lowest BCUT2D eigenvalue weighted by molar-refractivity contribution is -0.384. The fourth-order valence-electron chi connectivity index (χ4n) is 3.36. The quantitative estimate of drug-likeness (QED) is 0.519. The third-order valence-electron chi connectivity index (χ3n) is 5.01. The molecule has 3 rings (SSSR count). The Kier molecular flexibility index (Phi) is 6.71. The van der Waals surface area contributed by atoms with Gasteiger partial charge < -0.3 is 10.1 Å². The number of nitro benzene ring substituents is 1. The molecule has 0 amide bonds. The van der Waals surface area contributed by atoms with E-state index in [4.69, 9.17) is 4.74 Å². The molecular weight excluding hydrogens is 394 g/mol. The van der Waals surface area contributed by atoms with E-state index in [-0.39, 0.29) is 10.6 Å². The summed E-state index contributed by atoms with van der Waals surface area (Å²) in [5.74, 6) is 0.767. The SMILES string of the molecule is COc1ccc(CCNc2ccc(S(=O)(=O)N3CCCCC3)cc2[N+](=O)[O-])cc1. The Hall–Kier alpha value is -2.65. The molecule has 1 saturated heterocycles. The highest BCUT2D eigenvalue weighted by atomic mass is 32.2. The molecule has 1 heterocycles. The molecule has 0 saturated carbocycles. The van der Waals surface area contributed by atoms with Crippen LogP contribution < -0.4 is 10.1 Å². The van der Waals surface area contributed by atoms with Gasteiger partial charge in [-0.05, 0) is 49.1 Å². The van der Waals surface area contributed by atoms with E-state index in [1.807, 2.05) is 24.3 Å². The normalized spacial score (nSPS) is 15.1. The Morgan fingerprint density at radius 2 is 1.79 bits per heavy atom. The van der Waals surface area contributed by atoms with Gasteiger partial charge >= 0.3 is 0 Å². The molecule has 8 nitrogen and oxygen atoms in total. The lowest BCUT2D eigenvalue weighted by atomic mass is 10.1. The summed E-state index contributed by atoms with van der Waals surface area (Å²) in [6, 6.07) is 11.7. The smallest absolute Gasteiger partial charge is 0.293 e. The van der Waals surface area contributed by atoms with Crippen molar-refractivity contribution in [3.05, 3.63) is 58.1 Å². The van der Waals surface area contributed by atoms with Gasteiger partial charge in [-0.2, -0.15) is 4.31 Å². The van der Waals surface area contributed by atoms with Crippen LogP contribution in [0.2, 0.25) is 0 Å². The highest BCUT2D eigenvalue weighted by Gasteiger charge is 2.28. The molecule has 1 aliphatic rings. The summed E-state index contributed by atoms with van der Waals surface area (Å²) in [6.45, 7) is 1.39. The van der Waals surface area contributed by atoms with Crippen molar-refractivity contribution in [2.75, 3.05) is 32.1 Å². The fraction of sp³-hybridized carbons (Fsp3) is 0.400. The van der Waals surface area contributed by atoms with Crippen molar-refractivity contribution in [2.45, 2.75) is 30.6 Å². The standard InChI is InChI=1S/C20H25N3O5S/c1-28-17-7-5-16(6-8-17)11-12-21-19-10-9-18(15-20(19)23(24)25)29(26,27)22-13-3-2-4-14-22/h5-10,15,21H,2-4,11-14H2,1H3. The van der Waals surface area contributed by atoms with E-state index < -0.39 is 14.9 Å². The van der Waals surface area contributed by atoms with Crippen LogP contribution in [0.4, 0.5) is 11.4 Å². The van der Waals surface area contributed by atoms with Crippen molar-refractivity contribution in [1.82, 2.24) is 4.31 Å². The molecule has 0 radical (unpaired) electrons. The van der Waals surface area contributed by atoms with Crippen LogP contribution in [-0.4, -0.2) is 44.4 Å². The number of piperidine rings is 1. The van der Waals surface area contributed by atoms with E-state index in [1.165, 1.54) is 16.4 Å². The molecule has 0 bridgehead atoms. The number of nitro groups is 1. The van der Waals surface area contributed by atoms with Gasteiger partial charge in [-0.25, -0.2) is 8.42 Å². The van der Waals surface area contributed by atoms with Crippen molar-refractivity contribution in [3.63, 3.8) is 0 Å². The zero-order valence-corrected chi connectivity index (χ0v) is 17.2. The van der Waals surface area contributed by atoms with Gasteiger partial charge in [0.15, 0.2) is 0 Å². The molecule has 9 heteroatoms. The monoisotopic (exact) mass is 419 g/mol. The van der Waals surface area contributed by atoms with Gasteiger partial charge in [-0.3, -0.25) is 10.1 Å². The van der Waals surface area contributed by atoms with Crippen LogP contribution in [0.15, 0.2) is 47.4 Å². The van der Waals surface area contributed by atoms with Gasteiger partial charge in [0, 0.05) is 25.7 Å². The average molecular weight is 420 g/mol. The molecule has 1 N–H and O–H groups in total. The molecule has 0 atom stereocenters. The summed E-state index contributed by atoms with van der Waals surface area (Å²) in [4.78, 5) is 10.9. The molecule has 0 aromatic heterocycles. The van der Waals surface area contributed by atoms with Crippen LogP contribution in [0.3, 0.4) is 0 Å². The number of hydrogen-bond donors (Lipinski definition) is 1. The maximum atomic E-state index is 12.8. The minimum absolute atomic E-state index is 0.0354. The maximum absolute atomic E-state index is 12.8. The van der Waals surface area contributed by atoms with Crippen LogP contribution in [-0.2, 0) is 16.4 Å². The first-order valence-corrected chi connectivity index (χ1v) is 11.0. The molecular formula is C20H25N3O5S. The molecule has 1 aliphatic heterocycles. The summed E-state index contributed by atoms with van der Waals surface area (Å²) >= 11 is 0. The minimum atomic E-state index is -3.72. The number of hydrogen-bond acceptors (Lipinski definition) is 6. The molecule has 1 fully saturated rings. The molecule has 0 unspecified atom stereocenters. The maximum Gasteiger partial charge on any atom is 0.293 e. The van der Waals surface area contributed by atoms with Crippen LogP contribution >= 0.6 is 0 Å². The highest BCUT2D eigenvalue weighted by Crippen LogP contribution is 2.30. The van der Waals surface area contributed by atoms with E-state index in [0.29, 0.717) is 31.7 Å². The van der Waals surface area contributed by atoms with Crippen molar-refractivity contribution in [2.24, 2.45) is 0 Å². The van der Waals surface area contributed by atoms with Crippen LogP contribution in [0.5, 0.6) is 5.75 Å². The molecule has 29 heavy (non-hydrogen) atoms. The number of nitrogens with zero attached hydrogens (tertiary/aromatic N) is 2. The Morgan fingerprint density at radius 1 is 1.10 bits per heavy atom. The second kappa shape index (κ2) is 9.23. The van der Waals surface area contributed by atoms with Crippen molar-refractivity contribution >= 4 is 21.4 Å². The minimum Gasteiger partial charge on any atom is -0.497 e. The Morgan fingerprint density at radius 3 is 2.41 bits per heavy atom. The first-order chi connectivity index (χ1) is 13.9. The van der Waals surface area contributed by atoms with Crippen LogP contribution in [0, 0.1) is 10.1 Å². The number of methoxy groups -OCH3 is 1. The number of ether oxygens (including phenoxy) is 1. The molecule has 156 valence electrons. The molecule has 0 spiro atoms. The van der Waals surface area contributed by atoms with Crippen LogP contribution in [0.1, 0.15) is 24.8 Å². The number of nitrogens with one attached hydrogen (secondary N) is 1. The summed E-state index contributed by atoms with van der Waals surface area (Å²) in [6.07, 6.45) is 3.29. The van der Waals surface area contributed by atoms with E-state index in [1.54, 1.807) is 7.11 Å². The van der Waals surface area contributed by atoms with Crippen LogP contribution in [0.25, 0.3) is 0 Å². The first kappa shape index (κ1) is 21.1. The zero-order valence-electron chi connectivity index (χ0n) is 16.3. The number of sulfonamides is 1. The summed E-state index contributed by atoms with van der Waals surface area (Å²) in [7, 11) is -2.11. The van der Waals surface area contributed by atoms with E-state index >= 15 is 0 Å². The number of anilines is 1. The fourth-order valence-corrected chi connectivity index (χ4v) is 4.90. The summed E-state index contributed by atoms with van der Waals surface area (Å²) < 4.78 is 32.1. The van der Waals surface area contributed by atoms with E-state index in [0.717, 1.165) is 36.6 Å². The van der Waals surface area contributed by atoms with E-state index in [9.17, 15) is 18.5 Å². The predicted octanol–water partition coefficient (Wildman–Crippen LogP) is 3.43. The summed E-state index contributed by atoms with van der Waals surface area (Å²) in [5, 5.41) is 14.6. The number of benzene rings is 2. The Balaban J connectivity index is 1.73. The molecule has 2 aromatic carbocycles. The van der Waals surface area contributed by atoms with E-state index in [2.05, 4.69) is 5.32 Å². The first-order valence-electron chi connectivity index (χ1n) is 9.57. The molecule has 2 aromatic rings. The zero-order chi connectivity index (χ0) is 20.9. The summed E-state index contributed by atoms with van der Waals surface area (Å²) in [5.41, 5.74) is 1.13. The van der Waals surface area contributed by atoms with Gasteiger partial charge in [-0.15, -0.1) is 0 Å². The van der Waals surface area contributed by atoms with Crippen molar-refractivity contribution in [3.8, 4) is 5.75 Å². The van der Waals surface area contributed by atoms with Crippen molar-refractivity contribution < 1.29 is 18.1 Å². The lowest BCUT2D eigenvalue weighted by Gasteiger charge is -2.25. The highest BCUT2D eigenvalue weighted by molar-refractivity contribution is 7.89. The second-order valence-electron chi connectivity index (χ2n) is 6.93. The Bertz CT molecular complexity index is 955. The lowest BCUT2D eigenvalue weighted by Crippen LogP contribution is -2.35. The van der Waals surface area contributed by atoms with Gasteiger partial charge in [0.2, 0.25) is 10.0 Å². The van der Waals surface area contributed by atoms with Gasteiger partial charge in [0.05, 0.1) is 16.9 Å². The topological polar surface area (TPSA) is 102 Å². The largest absolute Gasteiger partial charge is 0.497 e. The van der Waals surface area contributed by atoms with Gasteiger partial charge in [0.25, 0.3) is 5.69 Å². The molecule has 0 aliphatic carbocycles. The third-order valence-corrected chi connectivity index (χ3v) is 6.90. The predicted molar refractivity (Wildman–Crippen MR) is 111 cm³/mol. The second-order valence-corrected chi connectivity index (χ2v) is 8.86. The van der Waals surface area contributed by atoms with Crippen molar-refractivity contribution in [1.29, 1.82) is 0 Å². The van der Waals surface area contributed by atoms with Gasteiger partial charge in [0.1, 0.15) is 11.4 Å². The number of rotatable bonds is 8. The van der Waals surface area contributed by atoms with Gasteiger partial charge in [-0.1, -0.05) is 18.6 Å².